The fourth-order valence-electron chi connectivity index (χ4n) is 3.53. The molecule has 2 aromatic heterocycles. The van der Waals surface area contributed by atoms with E-state index in [0.717, 1.165) is 18.7 Å². The van der Waals surface area contributed by atoms with E-state index in [1.165, 1.54) is 0 Å². The number of nitrogens with one attached hydrogen (secondary N) is 1. The smallest absolute Gasteiger partial charge is 0.290 e. The van der Waals surface area contributed by atoms with Crippen molar-refractivity contribution in [3.05, 3.63) is 35.7 Å². The SMILES string of the molecule is Cc1cc(C(=O)N[C@@H]2CCC(=O)N(C3CC3)[C@H]2c2nccn2C)on1. The highest BCUT2D eigenvalue weighted by Crippen LogP contribution is 2.40. The van der Waals surface area contributed by atoms with Gasteiger partial charge in [-0.2, -0.15) is 0 Å². The average molecular weight is 343 g/mol. The zero-order chi connectivity index (χ0) is 17.6. The first-order valence-corrected chi connectivity index (χ1v) is 8.57. The van der Waals surface area contributed by atoms with Gasteiger partial charge in [0.05, 0.1) is 11.7 Å². The van der Waals surface area contributed by atoms with Gasteiger partial charge in [0.25, 0.3) is 5.91 Å². The average Bonchev–Trinajstić information content (AvgIpc) is 3.18. The molecule has 0 unspecified atom stereocenters. The Morgan fingerprint density at radius 3 is 2.76 bits per heavy atom. The molecule has 2 atom stereocenters. The zero-order valence-corrected chi connectivity index (χ0v) is 14.3. The van der Waals surface area contributed by atoms with Crippen LogP contribution in [0.2, 0.25) is 0 Å². The monoisotopic (exact) mass is 343 g/mol. The van der Waals surface area contributed by atoms with Crippen molar-refractivity contribution in [2.24, 2.45) is 7.05 Å². The quantitative estimate of drug-likeness (QED) is 0.904. The summed E-state index contributed by atoms with van der Waals surface area (Å²) in [6.07, 6.45) is 6.61. The molecule has 0 spiro atoms. The van der Waals surface area contributed by atoms with Gasteiger partial charge in [-0.25, -0.2) is 4.98 Å². The number of aromatic nitrogens is 3. The van der Waals surface area contributed by atoms with E-state index in [2.05, 4.69) is 15.5 Å². The van der Waals surface area contributed by atoms with Crippen molar-refractivity contribution in [2.75, 3.05) is 0 Å². The minimum Gasteiger partial charge on any atom is -0.351 e. The fraction of sp³-hybridized carbons (Fsp3) is 0.529. The fourth-order valence-corrected chi connectivity index (χ4v) is 3.53. The lowest BCUT2D eigenvalue weighted by Crippen LogP contribution is -2.53. The lowest BCUT2D eigenvalue weighted by atomic mass is 9.94. The van der Waals surface area contributed by atoms with Gasteiger partial charge in [0.2, 0.25) is 11.7 Å². The Kier molecular flexibility index (Phi) is 3.82. The minimum atomic E-state index is -0.310. The van der Waals surface area contributed by atoms with E-state index in [1.807, 2.05) is 22.7 Å². The Balaban J connectivity index is 1.63. The molecule has 0 radical (unpaired) electrons. The summed E-state index contributed by atoms with van der Waals surface area (Å²) in [5, 5.41) is 6.79. The standard InChI is InChI=1S/C17H21N5O3/c1-10-9-13(25-20-10)17(24)19-12-5-6-14(23)22(11-3-4-11)15(12)16-18-7-8-21(16)2/h7-9,11-12,15H,3-6H2,1-2H3,(H,19,24)/t12-,15-/m1/s1. The Bertz CT molecular complexity index is 807. The maximum absolute atomic E-state index is 12.5. The third-order valence-corrected chi connectivity index (χ3v) is 4.87. The van der Waals surface area contributed by atoms with Gasteiger partial charge in [-0.1, -0.05) is 5.16 Å². The maximum atomic E-state index is 12.5. The normalized spacial score (nSPS) is 23.8. The van der Waals surface area contributed by atoms with Crippen molar-refractivity contribution in [2.45, 2.75) is 50.7 Å². The van der Waals surface area contributed by atoms with Crippen molar-refractivity contribution >= 4 is 11.8 Å². The summed E-state index contributed by atoms with van der Waals surface area (Å²) in [4.78, 5) is 31.4. The van der Waals surface area contributed by atoms with Crippen molar-refractivity contribution in [1.29, 1.82) is 0 Å². The van der Waals surface area contributed by atoms with Crippen LogP contribution < -0.4 is 5.32 Å². The van der Waals surface area contributed by atoms with Crippen molar-refractivity contribution < 1.29 is 14.1 Å². The molecule has 8 nitrogen and oxygen atoms in total. The summed E-state index contributed by atoms with van der Waals surface area (Å²) in [6.45, 7) is 1.77. The van der Waals surface area contributed by atoms with E-state index < -0.39 is 0 Å². The second-order valence-electron chi connectivity index (χ2n) is 6.82. The summed E-state index contributed by atoms with van der Waals surface area (Å²) in [7, 11) is 1.91. The molecule has 3 heterocycles. The largest absolute Gasteiger partial charge is 0.351 e. The zero-order valence-electron chi connectivity index (χ0n) is 14.3. The van der Waals surface area contributed by atoms with Crippen LogP contribution in [0, 0.1) is 6.92 Å². The van der Waals surface area contributed by atoms with Gasteiger partial charge in [0, 0.05) is 38.0 Å². The minimum absolute atomic E-state index is 0.136. The molecule has 2 aliphatic rings. The van der Waals surface area contributed by atoms with Crippen LogP contribution in [0.1, 0.15) is 53.8 Å². The van der Waals surface area contributed by atoms with E-state index in [-0.39, 0.29) is 35.7 Å². The van der Waals surface area contributed by atoms with Crippen LogP contribution in [-0.4, -0.2) is 43.5 Å². The first-order chi connectivity index (χ1) is 12.0. The third-order valence-electron chi connectivity index (χ3n) is 4.87. The molecule has 1 saturated heterocycles. The van der Waals surface area contributed by atoms with Crippen LogP contribution >= 0.6 is 0 Å². The molecule has 1 aliphatic heterocycles. The summed E-state index contributed by atoms with van der Waals surface area (Å²) in [5.74, 6) is 0.802. The number of rotatable bonds is 4. The van der Waals surface area contributed by atoms with E-state index >= 15 is 0 Å². The first-order valence-electron chi connectivity index (χ1n) is 8.57. The number of piperidine rings is 1. The Morgan fingerprint density at radius 1 is 1.36 bits per heavy atom. The summed E-state index contributed by atoms with van der Waals surface area (Å²) in [6, 6.07) is 1.39. The van der Waals surface area contributed by atoms with Gasteiger partial charge >= 0.3 is 0 Å². The van der Waals surface area contributed by atoms with Crippen LogP contribution in [0.4, 0.5) is 0 Å². The Morgan fingerprint density at radius 2 is 2.16 bits per heavy atom. The summed E-state index contributed by atoms with van der Waals surface area (Å²) in [5.41, 5.74) is 0.657. The molecule has 0 aromatic carbocycles. The van der Waals surface area contributed by atoms with Crippen molar-refractivity contribution in [3.63, 3.8) is 0 Å². The first kappa shape index (κ1) is 15.9. The molecule has 132 valence electrons. The molecule has 1 saturated carbocycles. The third kappa shape index (κ3) is 2.92. The lowest BCUT2D eigenvalue weighted by molar-refractivity contribution is -0.138. The van der Waals surface area contributed by atoms with Crippen molar-refractivity contribution in [3.8, 4) is 0 Å². The van der Waals surface area contributed by atoms with Crippen LogP contribution in [-0.2, 0) is 11.8 Å². The number of hydrogen-bond donors (Lipinski definition) is 1. The van der Waals surface area contributed by atoms with E-state index in [0.29, 0.717) is 18.5 Å². The van der Waals surface area contributed by atoms with E-state index in [4.69, 9.17) is 4.52 Å². The molecule has 4 rings (SSSR count). The number of carbonyl (C=O) groups is 2. The topological polar surface area (TPSA) is 93.3 Å². The Labute approximate surface area is 145 Å². The molecular formula is C17H21N5O3. The maximum Gasteiger partial charge on any atom is 0.290 e. The van der Waals surface area contributed by atoms with Gasteiger partial charge < -0.3 is 19.3 Å². The number of nitrogens with zero attached hydrogens (tertiary/aromatic N) is 4. The van der Waals surface area contributed by atoms with Crippen LogP contribution in [0.15, 0.2) is 23.0 Å². The van der Waals surface area contributed by atoms with Crippen molar-refractivity contribution in [1.82, 2.24) is 24.9 Å². The Hall–Kier alpha value is -2.64. The highest BCUT2D eigenvalue weighted by molar-refractivity contribution is 5.92. The second-order valence-corrected chi connectivity index (χ2v) is 6.82. The number of aryl methyl sites for hydroxylation is 2. The number of amides is 2. The summed E-state index contributed by atoms with van der Waals surface area (Å²) < 4.78 is 6.97. The van der Waals surface area contributed by atoms with Crippen LogP contribution in [0.25, 0.3) is 0 Å². The summed E-state index contributed by atoms with van der Waals surface area (Å²) >= 11 is 0. The molecule has 1 aliphatic carbocycles. The molecular weight excluding hydrogens is 322 g/mol. The number of imidazole rings is 1. The van der Waals surface area contributed by atoms with E-state index in [1.54, 1.807) is 19.2 Å². The van der Waals surface area contributed by atoms with E-state index in [9.17, 15) is 9.59 Å². The van der Waals surface area contributed by atoms with Gasteiger partial charge in [-0.05, 0) is 26.2 Å². The second kappa shape index (κ2) is 6.02. The predicted octanol–water partition coefficient (Wildman–Crippen LogP) is 1.34. The lowest BCUT2D eigenvalue weighted by Gasteiger charge is -2.41. The van der Waals surface area contributed by atoms with Gasteiger partial charge in [0.15, 0.2) is 0 Å². The molecule has 2 amide bonds. The number of hydrogen-bond acceptors (Lipinski definition) is 5. The van der Waals surface area contributed by atoms with Crippen LogP contribution in [0.5, 0.6) is 0 Å². The molecule has 2 fully saturated rings. The van der Waals surface area contributed by atoms with Gasteiger partial charge in [-0.3, -0.25) is 9.59 Å². The molecule has 25 heavy (non-hydrogen) atoms. The molecule has 0 bridgehead atoms. The number of carbonyl (C=O) groups excluding carboxylic acids is 2. The van der Waals surface area contributed by atoms with Gasteiger partial charge in [-0.15, -0.1) is 0 Å². The molecule has 2 aromatic rings. The highest BCUT2D eigenvalue weighted by Gasteiger charge is 2.46. The predicted molar refractivity (Wildman–Crippen MR) is 87.5 cm³/mol. The number of likely N-dealkylation sites (tertiary alicyclic amines) is 1. The van der Waals surface area contributed by atoms with Crippen LogP contribution in [0.3, 0.4) is 0 Å². The van der Waals surface area contributed by atoms with Gasteiger partial charge in [0.1, 0.15) is 11.9 Å². The molecule has 1 N–H and O–H groups in total. The highest BCUT2D eigenvalue weighted by atomic mass is 16.5. The molecule has 8 heteroatoms.